The lowest BCUT2D eigenvalue weighted by molar-refractivity contribution is -0.0498. The molecule has 28 heavy (non-hydrogen) atoms. The van der Waals surface area contributed by atoms with E-state index in [1.165, 1.54) is 17.2 Å². The van der Waals surface area contributed by atoms with E-state index in [0.29, 0.717) is 11.3 Å². The zero-order valence-corrected chi connectivity index (χ0v) is 15.8. The van der Waals surface area contributed by atoms with Crippen molar-refractivity contribution in [3.63, 3.8) is 0 Å². The highest BCUT2D eigenvalue weighted by Crippen LogP contribution is 2.45. The second-order valence-electron chi connectivity index (χ2n) is 7.48. The number of halogens is 3. The molecule has 0 spiro atoms. The Balaban J connectivity index is 1.80. The highest BCUT2D eigenvalue weighted by Gasteiger charge is 2.31. The second kappa shape index (κ2) is 7.86. The van der Waals surface area contributed by atoms with Crippen LogP contribution in [0.3, 0.4) is 0 Å². The fraction of sp³-hybridized carbons (Fsp3) is 0.333. The van der Waals surface area contributed by atoms with Gasteiger partial charge in [-0.15, -0.1) is 0 Å². The molecule has 0 bridgehead atoms. The number of ether oxygens (including phenoxy) is 1. The number of benzene rings is 3. The Labute approximate surface area is 163 Å². The van der Waals surface area contributed by atoms with Crippen LogP contribution < -0.4 is 4.74 Å². The molecule has 0 N–H and O–H groups in total. The first-order chi connectivity index (χ1) is 13.6. The third kappa shape index (κ3) is 3.48. The van der Waals surface area contributed by atoms with Crippen LogP contribution in [0.5, 0.6) is 5.75 Å². The van der Waals surface area contributed by atoms with Crippen molar-refractivity contribution in [3.8, 4) is 5.75 Å². The molecule has 2 atom stereocenters. The maximum absolute atomic E-state index is 14.2. The van der Waals surface area contributed by atoms with Crippen LogP contribution in [0.1, 0.15) is 48.8 Å². The fourth-order valence-corrected chi connectivity index (χ4v) is 4.71. The molecule has 4 rings (SSSR count). The summed E-state index contributed by atoms with van der Waals surface area (Å²) in [6, 6.07) is 16.2. The lowest BCUT2D eigenvalue weighted by atomic mass is 9.69. The Morgan fingerprint density at radius 3 is 2.50 bits per heavy atom. The minimum Gasteiger partial charge on any atom is -0.435 e. The van der Waals surface area contributed by atoms with Crippen molar-refractivity contribution in [1.82, 2.24) is 0 Å². The molecule has 0 amide bonds. The summed E-state index contributed by atoms with van der Waals surface area (Å²) < 4.78 is 43.7. The predicted octanol–water partition coefficient (Wildman–Crippen LogP) is 7.07. The molecular weight excluding hydrogens is 361 g/mol. The zero-order chi connectivity index (χ0) is 19.7. The van der Waals surface area contributed by atoms with Crippen LogP contribution >= 0.6 is 0 Å². The normalized spacial score (nSPS) is 19.0. The van der Waals surface area contributed by atoms with Crippen LogP contribution in [-0.2, 0) is 6.42 Å². The quantitative estimate of drug-likeness (QED) is 0.457. The molecule has 3 aromatic rings. The predicted molar refractivity (Wildman–Crippen MR) is 106 cm³/mol. The van der Waals surface area contributed by atoms with Crippen molar-refractivity contribution in [3.05, 3.63) is 77.1 Å². The molecule has 0 aliphatic heterocycles. The highest BCUT2D eigenvalue weighted by atomic mass is 19.3. The number of rotatable bonds is 5. The SMILES string of the molecule is CCC[C@@H]1CCc2c(ccc3c(F)cccc23)[C@H]1c1ccc(OC(F)F)cc1. The van der Waals surface area contributed by atoms with E-state index >= 15 is 0 Å². The van der Waals surface area contributed by atoms with Gasteiger partial charge in [0.25, 0.3) is 0 Å². The Morgan fingerprint density at radius 2 is 1.79 bits per heavy atom. The molecule has 0 unspecified atom stereocenters. The van der Waals surface area contributed by atoms with Gasteiger partial charge in [-0.3, -0.25) is 0 Å². The van der Waals surface area contributed by atoms with E-state index in [1.807, 2.05) is 24.3 Å². The Kier molecular flexibility index (Phi) is 5.29. The fourth-order valence-electron chi connectivity index (χ4n) is 4.71. The Bertz CT molecular complexity index is 965. The third-order valence-electron chi connectivity index (χ3n) is 5.85. The van der Waals surface area contributed by atoms with E-state index in [2.05, 4.69) is 17.7 Å². The summed E-state index contributed by atoms with van der Waals surface area (Å²) in [6.45, 7) is -0.641. The first kappa shape index (κ1) is 18.9. The number of hydrogen-bond acceptors (Lipinski definition) is 1. The molecule has 1 aliphatic rings. The minimum absolute atomic E-state index is 0.169. The van der Waals surface area contributed by atoms with Crippen LogP contribution in [0.2, 0.25) is 0 Å². The molecule has 0 saturated carbocycles. The largest absolute Gasteiger partial charge is 0.435 e. The lowest BCUT2D eigenvalue weighted by Gasteiger charge is -2.35. The monoisotopic (exact) mass is 384 g/mol. The van der Waals surface area contributed by atoms with Crippen molar-refractivity contribution in [2.45, 2.75) is 45.1 Å². The minimum atomic E-state index is -2.82. The number of hydrogen-bond donors (Lipinski definition) is 0. The van der Waals surface area contributed by atoms with Crippen LogP contribution in [-0.4, -0.2) is 6.61 Å². The van der Waals surface area contributed by atoms with Gasteiger partial charge in [0.05, 0.1) is 0 Å². The third-order valence-corrected chi connectivity index (χ3v) is 5.85. The molecule has 0 heterocycles. The maximum Gasteiger partial charge on any atom is 0.387 e. The van der Waals surface area contributed by atoms with Gasteiger partial charge in [0.15, 0.2) is 0 Å². The van der Waals surface area contributed by atoms with Gasteiger partial charge in [-0.2, -0.15) is 8.78 Å². The summed E-state index contributed by atoms with van der Waals surface area (Å²) in [5.41, 5.74) is 3.53. The van der Waals surface area contributed by atoms with Crippen molar-refractivity contribution in [2.24, 2.45) is 5.92 Å². The van der Waals surface area contributed by atoms with Gasteiger partial charge in [0, 0.05) is 11.3 Å². The standard InChI is InChI=1S/C24H23F3O/c1-2-4-15-9-12-19-18-5-3-6-22(25)20(18)13-14-21(19)23(15)16-7-10-17(11-8-16)28-24(26)27/h3,5-8,10-11,13-15,23-24H,2,4,9,12H2,1H3/t15-,23-/m1/s1. The van der Waals surface area contributed by atoms with E-state index < -0.39 is 6.61 Å². The van der Waals surface area contributed by atoms with Crippen LogP contribution in [0.25, 0.3) is 10.8 Å². The average molecular weight is 384 g/mol. The van der Waals surface area contributed by atoms with Gasteiger partial charge in [0.2, 0.25) is 0 Å². The lowest BCUT2D eigenvalue weighted by Crippen LogP contribution is -2.22. The van der Waals surface area contributed by atoms with E-state index in [9.17, 15) is 13.2 Å². The summed E-state index contributed by atoms with van der Waals surface area (Å²) in [6.07, 6.45) is 4.16. The first-order valence-electron chi connectivity index (χ1n) is 9.83. The summed E-state index contributed by atoms with van der Waals surface area (Å²) in [7, 11) is 0. The van der Waals surface area contributed by atoms with Gasteiger partial charge in [-0.05, 0) is 65.5 Å². The molecule has 0 saturated heterocycles. The van der Waals surface area contributed by atoms with Crippen LogP contribution in [0, 0.1) is 11.7 Å². The summed E-state index contributed by atoms with van der Waals surface area (Å²) in [5.74, 6) is 0.630. The van der Waals surface area contributed by atoms with Crippen molar-refractivity contribution in [1.29, 1.82) is 0 Å². The van der Waals surface area contributed by atoms with Crippen molar-refractivity contribution in [2.75, 3.05) is 0 Å². The van der Waals surface area contributed by atoms with Crippen LogP contribution in [0.15, 0.2) is 54.6 Å². The van der Waals surface area contributed by atoms with E-state index in [1.54, 1.807) is 18.2 Å². The molecular formula is C24H23F3O. The molecule has 0 radical (unpaired) electrons. The van der Waals surface area contributed by atoms with Gasteiger partial charge in [-0.1, -0.05) is 49.7 Å². The topological polar surface area (TPSA) is 9.23 Å². The number of aryl methyl sites for hydroxylation is 1. The smallest absolute Gasteiger partial charge is 0.387 e. The van der Waals surface area contributed by atoms with Crippen molar-refractivity contribution < 1.29 is 17.9 Å². The Hall–Kier alpha value is -2.49. The first-order valence-corrected chi connectivity index (χ1v) is 9.83. The van der Waals surface area contributed by atoms with E-state index in [0.717, 1.165) is 36.6 Å². The van der Waals surface area contributed by atoms with Gasteiger partial charge in [0.1, 0.15) is 11.6 Å². The summed E-state index contributed by atoms with van der Waals surface area (Å²) >= 11 is 0. The van der Waals surface area contributed by atoms with E-state index in [4.69, 9.17) is 0 Å². The molecule has 4 heteroatoms. The molecule has 1 aliphatic carbocycles. The van der Waals surface area contributed by atoms with Gasteiger partial charge in [-0.25, -0.2) is 4.39 Å². The van der Waals surface area contributed by atoms with Gasteiger partial charge >= 0.3 is 6.61 Å². The van der Waals surface area contributed by atoms with Gasteiger partial charge < -0.3 is 4.74 Å². The van der Waals surface area contributed by atoms with E-state index in [-0.39, 0.29) is 17.5 Å². The molecule has 1 nitrogen and oxygen atoms in total. The maximum atomic E-state index is 14.2. The van der Waals surface area contributed by atoms with Crippen LogP contribution in [0.4, 0.5) is 13.2 Å². The summed E-state index contributed by atoms with van der Waals surface area (Å²) in [4.78, 5) is 0. The van der Waals surface area contributed by atoms with Crippen molar-refractivity contribution >= 4 is 10.8 Å². The highest BCUT2D eigenvalue weighted by molar-refractivity contribution is 5.88. The number of fused-ring (bicyclic) bond motifs is 3. The molecule has 146 valence electrons. The summed E-state index contributed by atoms with van der Waals surface area (Å²) in [5, 5.41) is 1.64. The zero-order valence-electron chi connectivity index (χ0n) is 15.8. The molecule has 0 fully saturated rings. The number of alkyl halides is 2. The molecule has 3 aromatic carbocycles. The Morgan fingerprint density at radius 1 is 1.00 bits per heavy atom. The second-order valence-corrected chi connectivity index (χ2v) is 7.48. The average Bonchev–Trinajstić information content (AvgIpc) is 2.68. The molecule has 0 aromatic heterocycles.